The second-order valence-corrected chi connectivity index (χ2v) is 8.86. The summed E-state index contributed by atoms with van der Waals surface area (Å²) in [6.07, 6.45) is 7.15. The molecule has 2 aromatic rings. The third-order valence-electron chi connectivity index (χ3n) is 6.40. The van der Waals surface area contributed by atoms with Crippen LogP contribution in [-0.2, 0) is 16.0 Å². The van der Waals surface area contributed by atoms with Crippen LogP contribution in [0.5, 0.6) is 0 Å². The number of hydrogen-bond acceptors (Lipinski definition) is 4. The number of nitrogens with two attached hydrogens (primary N) is 1. The highest BCUT2D eigenvalue weighted by Crippen LogP contribution is 2.34. The molecule has 2 heterocycles. The SMILES string of the molecule is NC(=O)c1ccc(C2CCN(C(=O)Cc3cnc[nH]3)CC2)cc1C1=CCCCC1.O=C(O)C(F)(F)F. The summed E-state index contributed by atoms with van der Waals surface area (Å²) in [6.45, 7) is 1.51. The number of carboxylic acid groups (broad SMARTS) is 1. The van der Waals surface area contributed by atoms with E-state index in [1.54, 1.807) is 12.5 Å². The minimum Gasteiger partial charge on any atom is -0.475 e. The fourth-order valence-corrected chi connectivity index (χ4v) is 4.50. The molecule has 4 N–H and O–H groups in total. The zero-order valence-corrected chi connectivity index (χ0v) is 19.7. The molecule has 36 heavy (non-hydrogen) atoms. The van der Waals surface area contributed by atoms with Gasteiger partial charge in [-0.1, -0.05) is 18.2 Å². The highest BCUT2D eigenvalue weighted by Gasteiger charge is 2.38. The molecule has 194 valence electrons. The molecule has 1 aromatic heterocycles. The third kappa shape index (κ3) is 7.19. The topological polar surface area (TPSA) is 129 Å². The number of carbonyl (C=O) groups excluding carboxylic acids is 2. The van der Waals surface area contributed by atoms with E-state index in [0.29, 0.717) is 17.9 Å². The van der Waals surface area contributed by atoms with Crippen molar-refractivity contribution in [2.45, 2.75) is 57.0 Å². The Labute approximate surface area is 206 Å². The van der Waals surface area contributed by atoms with Gasteiger partial charge in [0.05, 0.1) is 12.7 Å². The maximum absolute atomic E-state index is 12.5. The van der Waals surface area contributed by atoms with E-state index in [1.165, 1.54) is 17.6 Å². The Balaban J connectivity index is 0.000000454. The number of likely N-dealkylation sites (tertiary alicyclic amines) is 1. The normalized spacial score (nSPS) is 16.5. The summed E-state index contributed by atoms with van der Waals surface area (Å²) in [5.74, 6) is -2.58. The molecule has 0 radical (unpaired) electrons. The van der Waals surface area contributed by atoms with E-state index >= 15 is 0 Å². The number of imidazole rings is 1. The van der Waals surface area contributed by atoms with Gasteiger partial charge in [-0.2, -0.15) is 13.2 Å². The molecule has 0 unspecified atom stereocenters. The standard InChI is InChI=1S/C23H28N4O2.C2HF3O2/c24-23(29)20-7-6-18(12-21(20)17-4-2-1-3-5-17)16-8-10-27(11-9-16)22(28)13-19-14-25-15-26-19;3-2(4,5)1(6)7/h4,6-7,12,14-16H,1-3,5,8-11,13H2,(H2,24,29)(H,25,26);(H,6,7). The van der Waals surface area contributed by atoms with Gasteiger partial charge < -0.3 is 20.7 Å². The van der Waals surface area contributed by atoms with Crippen molar-refractivity contribution in [3.8, 4) is 0 Å². The van der Waals surface area contributed by atoms with Gasteiger partial charge in [-0.25, -0.2) is 9.78 Å². The van der Waals surface area contributed by atoms with Crippen LogP contribution in [0.25, 0.3) is 5.57 Å². The number of carbonyl (C=O) groups is 3. The van der Waals surface area contributed by atoms with Gasteiger partial charge >= 0.3 is 12.1 Å². The number of nitrogens with one attached hydrogen (secondary N) is 1. The van der Waals surface area contributed by atoms with Crippen LogP contribution < -0.4 is 5.73 Å². The number of amides is 2. The van der Waals surface area contributed by atoms with Crippen molar-refractivity contribution in [1.29, 1.82) is 0 Å². The average Bonchev–Trinajstić information content (AvgIpc) is 3.37. The summed E-state index contributed by atoms with van der Waals surface area (Å²) in [6, 6.07) is 6.10. The molecule has 0 saturated carbocycles. The smallest absolute Gasteiger partial charge is 0.475 e. The molecule has 1 saturated heterocycles. The Morgan fingerprint density at radius 3 is 2.39 bits per heavy atom. The predicted octanol–water partition coefficient (Wildman–Crippen LogP) is 4.05. The van der Waals surface area contributed by atoms with Crippen LogP contribution >= 0.6 is 0 Å². The van der Waals surface area contributed by atoms with Gasteiger partial charge in [0.1, 0.15) is 0 Å². The predicted molar refractivity (Wildman–Crippen MR) is 126 cm³/mol. The van der Waals surface area contributed by atoms with E-state index in [0.717, 1.165) is 56.5 Å². The van der Waals surface area contributed by atoms with Crippen molar-refractivity contribution in [2.75, 3.05) is 13.1 Å². The van der Waals surface area contributed by atoms with Gasteiger partial charge in [0.15, 0.2) is 0 Å². The number of hydrogen-bond donors (Lipinski definition) is 3. The first-order chi connectivity index (χ1) is 17.1. The molecule has 0 atom stereocenters. The highest BCUT2D eigenvalue weighted by molar-refractivity contribution is 5.98. The molecular formula is C25H29F3N4O4. The quantitative estimate of drug-likeness (QED) is 0.564. The molecule has 1 aromatic carbocycles. The second-order valence-electron chi connectivity index (χ2n) is 8.86. The van der Waals surface area contributed by atoms with Gasteiger partial charge in [-0.3, -0.25) is 9.59 Å². The number of halogens is 3. The Hall–Kier alpha value is -3.63. The van der Waals surface area contributed by atoms with Crippen molar-refractivity contribution in [1.82, 2.24) is 14.9 Å². The first kappa shape index (κ1) is 27.0. The number of alkyl halides is 3. The van der Waals surface area contributed by atoms with E-state index in [9.17, 15) is 22.8 Å². The molecule has 4 rings (SSSR count). The van der Waals surface area contributed by atoms with E-state index in [-0.39, 0.29) is 11.8 Å². The number of nitrogens with zero attached hydrogens (tertiary/aromatic N) is 2. The number of aliphatic carboxylic acids is 1. The van der Waals surface area contributed by atoms with Crippen molar-refractivity contribution >= 4 is 23.4 Å². The fraction of sp³-hybridized carbons (Fsp3) is 0.440. The lowest BCUT2D eigenvalue weighted by molar-refractivity contribution is -0.192. The number of H-pyrrole nitrogens is 1. The number of aromatic nitrogens is 2. The number of piperidine rings is 1. The van der Waals surface area contributed by atoms with E-state index < -0.39 is 12.1 Å². The minimum atomic E-state index is -5.08. The molecule has 0 spiro atoms. The Bertz CT molecular complexity index is 1110. The van der Waals surface area contributed by atoms with Crippen molar-refractivity contribution < 1.29 is 32.7 Å². The average molecular weight is 507 g/mol. The molecule has 8 nitrogen and oxygen atoms in total. The van der Waals surface area contributed by atoms with Crippen molar-refractivity contribution in [3.63, 3.8) is 0 Å². The first-order valence-corrected chi connectivity index (χ1v) is 11.7. The van der Waals surface area contributed by atoms with Crippen LogP contribution in [-0.4, -0.2) is 57.0 Å². The minimum absolute atomic E-state index is 0.143. The van der Waals surface area contributed by atoms with Gasteiger partial charge in [0, 0.05) is 30.5 Å². The highest BCUT2D eigenvalue weighted by atomic mass is 19.4. The van der Waals surface area contributed by atoms with Crippen LogP contribution in [0.4, 0.5) is 13.2 Å². The van der Waals surface area contributed by atoms with Crippen molar-refractivity contribution in [2.24, 2.45) is 5.73 Å². The molecule has 1 aliphatic heterocycles. The fourth-order valence-electron chi connectivity index (χ4n) is 4.50. The van der Waals surface area contributed by atoms with E-state index in [4.69, 9.17) is 15.6 Å². The number of allylic oxidation sites excluding steroid dienone is 2. The molecule has 0 bridgehead atoms. The monoisotopic (exact) mass is 506 g/mol. The van der Waals surface area contributed by atoms with Crippen LogP contribution in [0.3, 0.4) is 0 Å². The van der Waals surface area contributed by atoms with E-state index in [2.05, 4.69) is 22.1 Å². The summed E-state index contributed by atoms with van der Waals surface area (Å²) >= 11 is 0. The Morgan fingerprint density at radius 1 is 1.17 bits per heavy atom. The molecule has 11 heteroatoms. The van der Waals surface area contributed by atoms with E-state index in [1.807, 2.05) is 17.0 Å². The van der Waals surface area contributed by atoms with Crippen LogP contribution in [0.1, 0.15) is 71.6 Å². The zero-order valence-electron chi connectivity index (χ0n) is 19.7. The summed E-state index contributed by atoms with van der Waals surface area (Å²) in [5, 5.41) is 7.12. The molecule has 1 aliphatic carbocycles. The number of primary amides is 1. The van der Waals surface area contributed by atoms with Gasteiger partial charge in [0.2, 0.25) is 11.8 Å². The van der Waals surface area contributed by atoms with Gasteiger partial charge in [0.25, 0.3) is 0 Å². The van der Waals surface area contributed by atoms with Crippen LogP contribution in [0.15, 0.2) is 36.8 Å². The lowest BCUT2D eigenvalue weighted by Gasteiger charge is -2.32. The largest absolute Gasteiger partial charge is 0.490 e. The molecule has 2 amide bonds. The van der Waals surface area contributed by atoms with Crippen LogP contribution in [0, 0.1) is 0 Å². The second kappa shape index (κ2) is 11.9. The van der Waals surface area contributed by atoms with Crippen molar-refractivity contribution in [3.05, 3.63) is 59.2 Å². The van der Waals surface area contributed by atoms with Crippen LogP contribution in [0.2, 0.25) is 0 Å². The first-order valence-electron chi connectivity index (χ1n) is 11.7. The molecule has 2 aliphatic rings. The number of rotatable bonds is 5. The summed E-state index contributed by atoms with van der Waals surface area (Å²) in [4.78, 5) is 42.3. The Kier molecular flexibility index (Phi) is 8.89. The zero-order chi connectivity index (χ0) is 26.3. The summed E-state index contributed by atoms with van der Waals surface area (Å²) < 4.78 is 31.7. The lowest BCUT2D eigenvalue weighted by Crippen LogP contribution is -2.38. The number of aromatic amines is 1. The van der Waals surface area contributed by atoms with Gasteiger partial charge in [-0.15, -0.1) is 0 Å². The lowest BCUT2D eigenvalue weighted by atomic mass is 9.84. The number of carboxylic acids is 1. The summed E-state index contributed by atoms with van der Waals surface area (Å²) in [5.41, 5.74) is 10.6. The maximum Gasteiger partial charge on any atom is 0.490 e. The summed E-state index contributed by atoms with van der Waals surface area (Å²) in [7, 11) is 0. The Morgan fingerprint density at radius 2 is 1.86 bits per heavy atom. The molecular weight excluding hydrogens is 477 g/mol. The third-order valence-corrected chi connectivity index (χ3v) is 6.40. The maximum atomic E-state index is 12.5. The molecule has 1 fully saturated rings. The number of benzene rings is 1. The van der Waals surface area contributed by atoms with Gasteiger partial charge in [-0.05, 0) is 67.2 Å².